The van der Waals surface area contributed by atoms with Crippen molar-refractivity contribution in [1.82, 2.24) is 4.90 Å². The van der Waals surface area contributed by atoms with E-state index < -0.39 is 5.82 Å². The number of nitrogens with zero attached hydrogens (tertiary/aromatic N) is 1. The normalized spacial score (nSPS) is 18.3. The Morgan fingerprint density at radius 3 is 3.00 bits per heavy atom. The van der Waals surface area contributed by atoms with Crippen LogP contribution < -0.4 is 5.32 Å². The number of hydrogen-bond donors (Lipinski definition) is 1. The predicted molar refractivity (Wildman–Crippen MR) is 81.1 cm³/mol. The van der Waals surface area contributed by atoms with Crippen LogP contribution in [0.1, 0.15) is 30.1 Å². The Morgan fingerprint density at radius 1 is 1.52 bits per heavy atom. The summed E-state index contributed by atoms with van der Waals surface area (Å²) in [5.74, 6) is -0.183. The Kier molecular flexibility index (Phi) is 5.56. The lowest BCUT2D eigenvalue weighted by atomic mass is 10.0. The molecular weight excluding hydrogens is 271 g/mol. The van der Waals surface area contributed by atoms with E-state index in [0.717, 1.165) is 19.4 Å². The van der Waals surface area contributed by atoms with Gasteiger partial charge in [0.2, 0.25) is 0 Å². The van der Waals surface area contributed by atoms with Crippen LogP contribution in [-0.2, 0) is 4.74 Å². The molecule has 0 bridgehead atoms. The molecule has 1 aliphatic rings. The fraction of sp³-hybridized carbons (Fsp3) is 0.562. The molecule has 21 heavy (non-hydrogen) atoms. The lowest BCUT2D eigenvalue weighted by Gasteiger charge is -2.27. The van der Waals surface area contributed by atoms with Gasteiger partial charge in [-0.2, -0.15) is 0 Å². The van der Waals surface area contributed by atoms with Gasteiger partial charge in [-0.1, -0.05) is 6.07 Å². The quantitative estimate of drug-likeness (QED) is 0.908. The maximum absolute atomic E-state index is 13.9. The number of anilines is 1. The maximum atomic E-state index is 13.9. The molecule has 0 aliphatic carbocycles. The summed E-state index contributed by atoms with van der Waals surface area (Å²) in [7, 11) is 1.76. The number of hydrogen-bond acceptors (Lipinski definition) is 3. The Hall–Kier alpha value is -1.62. The molecule has 0 saturated carbocycles. The molecule has 1 aromatic rings. The van der Waals surface area contributed by atoms with Gasteiger partial charge in [0, 0.05) is 26.7 Å². The smallest absolute Gasteiger partial charge is 0.255 e. The van der Waals surface area contributed by atoms with Gasteiger partial charge in [-0.05, 0) is 37.8 Å². The molecule has 1 fully saturated rings. The first-order chi connectivity index (χ1) is 10.1. The van der Waals surface area contributed by atoms with Crippen molar-refractivity contribution in [3.63, 3.8) is 0 Å². The Balaban J connectivity index is 2.09. The SMILES string of the molecule is CCNc1c(F)cccc1C(=O)N(C)CC1CCCOC1. The molecule has 5 heteroatoms. The molecule has 116 valence electrons. The van der Waals surface area contributed by atoms with Crippen LogP contribution in [0.25, 0.3) is 0 Å². The molecule has 1 unspecified atom stereocenters. The molecule has 4 nitrogen and oxygen atoms in total. The van der Waals surface area contributed by atoms with E-state index in [-0.39, 0.29) is 11.6 Å². The van der Waals surface area contributed by atoms with Crippen molar-refractivity contribution < 1.29 is 13.9 Å². The molecule has 1 amide bonds. The number of halogens is 1. The highest BCUT2D eigenvalue weighted by Crippen LogP contribution is 2.22. The third-order valence-corrected chi connectivity index (χ3v) is 3.73. The Bertz CT molecular complexity index is 487. The van der Waals surface area contributed by atoms with Crippen molar-refractivity contribution in [3.8, 4) is 0 Å². The van der Waals surface area contributed by atoms with E-state index in [9.17, 15) is 9.18 Å². The molecule has 1 N–H and O–H groups in total. The van der Waals surface area contributed by atoms with E-state index in [2.05, 4.69) is 5.32 Å². The summed E-state index contributed by atoms with van der Waals surface area (Å²) in [6, 6.07) is 4.60. The monoisotopic (exact) mass is 294 g/mol. The van der Waals surface area contributed by atoms with Crippen LogP contribution >= 0.6 is 0 Å². The largest absolute Gasteiger partial charge is 0.382 e. The van der Waals surface area contributed by atoms with Gasteiger partial charge >= 0.3 is 0 Å². The van der Waals surface area contributed by atoms with E-state index in [0.29, 0.717) is 31.2 Å². The Labute approximate surface area is 125 Å². The number of ether oxygens (including phenoxy) is 1. The average molecular weight is 294 g/mol. The van der Waals surface area contributed by atoms with Crippen LogP contribution in [0, 0.1) is 11.7 Å². The highest BCUT2D eigenvalue weighted by molar-refractivity contribution is 5.99. The summed E-state index contributed by atoms with van der Waals surface area (Å²) in [5.41, 5.74) is 0.674. The summed E-state index contributed by atoms with van der Waals surface area (Å²) in [5, 5.41) is 2.94. The van der Waals surface area contributed by atoms with E-state index in [1.54, 1.807) is 24.1 Å². The first-order valence-electron chi connectivity index (χ1n) is 7.49. The predicted octanol–water partition coefficient (Wildman–Crippen LogP) is 2.76. The minimum absolute atomic E-state index is 0.156. The number of nitrogens with one attached hydrogen (secondary N) is 1. The first kappa shape index (κ1) is 15.8. The van der Waals surface area contributed by atoms with Gasteiger partial charge in [-0.25, -0.2) is 4.39 Å². The highest BCUT2D eigenvalue weighted by Gasteiger charge is 2.22. The number of benzene rings is 1. The number of carbonyl (C=O) groups is 1. The van der Waals surface area contributed by atoms with E-state index >= 15 is 0 Å². The van der Waals surface area contributed by atoms with Crippen LogP contribution in [0.15, 0.2) is 18.2 Å². The summed E-state index contributed by atoms with van der Waals surface area (Å²) >= 11 is 0. The lowest BCUT2D eigenvalue weighted by molar-refractivity contribution is 0.0388. The fourth-order valence-electron chi connectivity index (χ4n) is 2.69. The summed E-state index contributed by atoms with van der Waals surface area (Å²) < 4.78 is 19.3. The van der Waals surface area contributed by atoms with Gasteiger partial charge in [-0.3, -0.25) is 4.79 Å². The van der Waals surface area contributed by atoms with Gasteiger partial charge in [-0.15, -0.1) is 0 Å². The minimum atomic E-state index is -0.392. The molecule has 1 heterocycles. The van der Waals surface area contributed by atoms with Crippen LogP contribution in [0.2, 0.25) is 0 Å². The van der Waals surface area contributed by atoms with Crippen molar-refractivity contribution in [3.05, 3.63) is 29.6 Å². The number of carbonyl (C=O) groups excluding carboxylic acids is 1. The first-order valence-corrected chi connectivity index (χ1v) is 7.49. The van der Waals surface area contributed by atoms with Crippen LogP contribution in [0.4, 0.5) is 10.1 Å². The molecule has 0 aromatic heterocycles. The van der Waals surface area contributed by atoms with E-state index in [1.165, 1.54) is 6.07 Å². The zero-order valence-electron chi connectivity index (χ0n) is 12.7. The molecule has 0 radical (unpaired) electrons. The molecular formula is C16H23FN2O2. The number of amides is 1. The number of rotatable bonds is 5. The third-order valence-electron chi connectivity index (χ3n) is 3.73. The fourth-order valence-corrected chi connectivity index (χ4v) is 2.69. The zero-order valence-corrected chi connectivity index (χ0v) is 12.7. The molecule has 2 rings (SSSR count). The van der Waals surface area contributed by atoms with Gasteiger partial charge in [0.05, 0.1) is 17.9 Å². The topological polar surface area (TPSA) is 41.6 Å². The zero-order chi connectivity index (χ0) is 15.2. The number of para-hydroxylation sites is 1. The van der Waals surface area contributed by atoms with Gasteiger partial charge in [0.25, 0.3) is 5.91 Å². The van der Waals surface area contributed by atoms with Crippen molar-refractivity contribution in [2.24, 2.45) is 5.92 Å². The second-order valence-electron chi connectivity index (χ2n) is 5.46. The van der Waals surface area contributed by atoms with Crippen molar-refractivity contribution in [2.45, 2.75) is 19.8 Å². The van der Waals surface area contributed by atoms with Gasteiger partial charge in [0.1, 0.15) is 5.82 Å². The van der Waals surface area contributed by atoms with E-state index in [4.69, 9.17) is 4.74 Å². The van der Waals surface area contributed by atoms with Crippen molar-refractivity contribution >= 4 is 11.6 Å². The second-order valence-corrected chi connectivity index (χ2v) is 5.46. The van der Waals surface area contributed by atoms with Crippen molar-refractivity contribution in [1.29, 1.82) is 0 Å². The standard InChI is InChI=1S/C16H23FN2O2/c1-3-18-15-13(7-4-8-14(15)17)16(20)19(2)10-12-6-5-9-21-11-12/h4,7-8,12,18H,3,5-6,9-11H2,1-2H3. The summed E-state index contributed by atoms with van der Waals surface area (Å²) in [6.07, 6.45) is 2.11. The maximum Gasteiger partial charge on any atom is 0.255 e. The van der Waals surface area contributed by atoms with Crippen LogP contribution in [0.5, 0.6) is 0 Å². The highest BCUT2D eigenvalue weighted by atomic mass is 19.1. The van der Waals surface area contributed by atoms with E-state index in [1.807, 2.05) is 6.92 Å². The minimum Gasteiger partial charge on any atom is -0.382 e. The molecule has 0 spiro atoms. The molecule has 1 atom stereocenters. The second kappa shape index (κ2) is 7.41. The summed E-state index contributed by atoms with van der Waals surface area (Å²) in [6.45, 7) is 4.59. The summed E-state index contributed by atoms with van der Waals surface area (Å²) in [4.78, 5) is 14.2. The third kappa shape index (κ3) is 3.94. The van der Waals surface area contributed by atoms with Crippen molar-refractivity contribution in [2.75, 3.05) is 38.7 Å². The average Bonchev–Trinajstić information content (AvgIpc) is 2.50. The lowest BCUT2D eigenvalue weighted by Crippen LogP contribution is -2.35. The van der Waals surface area contributed by atoms with Crippen LogP contribution in [0.3, 0.4) is 0 Å². The van der Waals surface area contributed by atoms with Gasteiger partial charge in [0.15, 0.2) is 0 Å². The molecule has 1 saturated heterocycles. The van der Waals surface area contributed by atoms with Crippen LogP contribution in [-0.4, -0.2) is 44.2 Å². The molecule has 1 aliphatic heterocycles. The van der Waals surface area contributed by atoms with Gasteiger partial charge < -0.3 is 15.0 Å². The Morgan fingerprint density at radius 2 is 2.33 bits per heavy atom. The molecule has 1 aromatic carbocycles.